The highest BCUT2D eigenvalue weighted by molar-refractivity contribution is 5.94. The minimum Gasteiger partial charge on any atom is -0.376 e. The van der Waals surface area contributed by atoms with Gasteiger partial charge in [-0.25, -0.2) is 4.98 Å². The largest absolute Gasteiger partial charge is 0.376 e. The molecule has 8 heteroatoms. The summed E-state index contributed by atoms with van der Waals surface area (Å²) in [6, 6.07) is 0. The van der Waals surface area contributed by atoms with Gasteiger partial charge in [0.2, 0.25) is 0 Å². The van der Waals surface area contributed by atoms with Crippen LogP contribution in [0, 0.1) is 0 Å². The molecule has 1 N–H and O–H groups in total. The van der Waals surface area contributed by atoms with Gasteiger partial charge < -0.3 is 9.64 Å². The van der Waals surface area contributed by atoms with Crippen molar-refractivity contribution in [3.63, 3.8) is 0 Å². The number of nitrogens with zero attached hydrogens (tertiary/aromatic N) is 5. The van der Waals surface area contributed by atoms with Gasteiger partial charge in [-0.3, -0.25) is 14.6 Å². The van der Waals surface area contributed by atoms with Gasteiger partial charge in [0.05, 0.1) is 11.8 Å². The third kappa shape index (κ3) is 2.95. The van der Waals surface area contributed by atoms with Crippen molar-refractivity contribution < 1.29 is 9.53 Å². The van der Waals surface area contributed by atoms with Crippen LogP contribution in [0.1, 0.15) is 52.8 Å². The molecule has 2 atom stereocenters. The van der Waals surface area contributed by atoms with Crippen molar-refractivity contribution in [2.45, 2.75) is 44.1 Å². The number of ether oxygens (including phenoxy) is 1. The zero-order valence-corrected chi connectivity index (χ0v) is 14.7. The molecule has 1 aliphatic heterocycles. The fraction of sp³-hybridized carbons (Fsp3) is 0.647. The van der Waals surface area contributed by atoms with Crippen LogP contribution in [0.25, 0.3) is 0 Å². The van der Waals surface area contributed by atoms with E-state index < -0.39 is 0 Å². The Labute approximate surface area is 146 Å². The maximum Gasteiger partial charge on any atom is 0.272 e. The van der Waals surface area contributed by atoms with Crippen molar-refractivity contribution in [3.8, 4) is 0 Å². The molecule has 1 aliphatic carbocycles. The van der Waals surface area contributed by atoms with E-state index in [1.807, 2.05) is 14.1 Å². The predicted octanol–water partition coefficient (Wildman–Crippen LogP) is 1.06. The maximum absolute atomic E-state index is 13.1. The van der Waals surface area contributed by atoms with Crippen molar-refractivity contribution in [2.24, 2.45) is 7.05 Å². The molecule has 3 heterocycles. The summed E-state index contributed by atoms with van der Waals surface area (Å²) in [5, 5.41) is 11.4. The van der Waals surface area contributed by atoms with Gasteiger partial charge in [-0.15, -0.1) is 0 Å². The van der Waals surface area contributed by atoms with Crippen LogP contribution >= 0.6 is 0 Å². The van der Waals surface area contributed by atoms with Crippen molar-refractivity contribution >= 4 is 5.91 Å². The average molecular weight is 344 g/mol. The van der Waals surface area contributed by atoms with E-state index in [1.165, 1.54) is 6.33 Å². The standard InChI is InChI=1S/C17H24N6O2/c1-22(9-14-12(7-8-25-14)16-18-10-19-20-16)17(24)15-11-5-3-4-6-13(11)21-23(15)2/h10,12,14H,3-9H2,1-2H3,(H,18,19,20)/t12-,14-/m1/s1. The van der Waals surface area contributed by atoms with Gasteiger partial charge in [-0.05, 0) is 32.1 Å². The number of carbonyl (C=O) groups excluding carboxylic acids is 1. The molecular weight excluding hydrogens is 320 g/mol. The number of amides is 1. The molecule has 0 unspecified atom stereocenters. The van der Waals surface area contributed by atoms with E-state index in [0.717, 1.165) is 54.9 Å². The van der Waals surface area contributed by atoms with Crippen LogP contribution < -0.4 is 0 Å². The molecule has 4 rings (SSSR count). The summed E-state index contributed by atoms with van der Waals surface area (Å²) >= 11 is 0. The third-order valence-electron chi connectivity index (χ3n) is 5.32. The number of likely N-dealkylation sites (N-methyl/N-ethyl adjacent to an activating group) is 1. The van der Waals surface area contributed by atoms with Crippen LogP contribution in [0.4, 0.5) is 0 Å². The maximum atomic E-state index is 13.1. The minimum absolute atomic E-state index is 0.0185. The number of fused-ring (bicyclic) bond motifs is 1. The van der Waals surface area contributed by atoms with Gasteiger partial charge >= 0.3 is 0 Å². The van der Waals surface area contributed by atoms with Gasteiger partial charge in [0, 0.05) is 38.7 Å². The summed E-state index contributed by atoms with van der Waals surface area (Å²) in [5.74, 6) is 1.00. The molecule has 0 radical (unpaired) electrons. The zero-order valence-electron chi connectivity index (χ0n) is 14.7. The Morgan fingerprint density at radius 2 is 2.28 bits per heavy atom. The van der Waals surface area contributed by atoms with Gasteiger partial charge in [-0.1, -0.05) is 0 Å². The second kappa shape index (κ2) is 6.59. The molecule has 2 aliphatic rings. The first kappa shape index (κ1) is 16.3. The highest BCUT2D eigenvalue weighted by Gasteiger charge is 2.34. The molecule has 134 valence electrons. The van der Waals surface area contributed by atoms with Crippen LogP contribution in [-0.4, -0.2) is 62.1 Å². The molecule has 1 fully saturated rings. The third-order valence-corrected chi connectivity index (χ3v) is 5.32. The van der Waals surface area contributed by atoms with Gasteiger partial charge in [0.15, 0.2) is 0 Å². The van der Waals surface area contributed by atoms with E-state index in [-0.39, 0.29) is 17.9 Å². The van der Waals surface area contributed by atoms with Crippen LogP contribution in [0.15, 0.2) is 6.33 Å². The Hall–Kier alpha value is -2.22. The number of nitrogens with one attached hydrogen (secondary N) is 1. The lowest BCUT2D eigenvalue weighted by Crippen LogP contribution is -2.37. The van der Waals surface area contributed by atoms with Crippen molar-refractivity contribution in [1.82, 2.24) is 29.9 Å². The average Bonchev–Trinajstić information content (AvgIpc) is 3.32. The molecule has 1 amide bonds. The van der Waals surface area contributed by atoms with E-state index in [9.17, 15) is 4.79 Å². The Bertz CT molecular complexity index is 754. The summed E-state index contributed by atoms with van der Waals surface area (Å²) in [6.07, 6.45) is 6.54. The van der Waals surface area contributed by atoms with E-state index in [2.05, 4.69) is 20.3 Å². The highest BCUT2D eigenvalue weighted by Crippen LogP contribution is 2.30. The number of hydrogen-bond donors (Lipinski definition) is 1. The van der Waals surface area contributed by atoms with Gasteiger partial charge in [0.1, 0.15) is 17.8 Å². The molecule has 0 saturated carbocycles. The SMILES string of the molecule is CN(C[C@H]1OCC[C@H]1c1ncn[nH]1)C(=O)c1c2c(nn1C)CCCC2. The fourth-order valence-electron chi connectivity index (χ4n) is 4.02. The van der Waals surface area contributed by atoms with E-state index in [1.54, 1.807) is 9.58 Å². The number of rotatable bonds is 4. The van der Waals surface area contributed by atoms with Crippen LogP contribution in [0.5, 0.6) is 0 Å². The first-order valence-electron chi connectivity index (χ1n) is 8.92. The molecule has 0 bridgehead atoms. The molecule has 0 aromatic carbocycles. The monoisotopic (exact) mass is 344 g/mol. The minimum atomic E-state index is -0.0639. The van der Waals surface area contributed by atoms with Crippen molar-refractivity contribution in [2.75, 3.05) is 20.2 Å². The van der Waals surface area contributed by atoms with Gasteiger partial charge in [-0.2, -0.15) is 10.2 Å². The summed E-state index contributed by atoms with van der Waals surface area (Å²) in [5.41, 5.74) is 2.94. The lowest BCUT2D eigenvalue weighted by Gasteiger charge is -2.24. The van der Waals surface area contributed by atoms with E-state index in [0.29, 0.717) is 13.2 Å². The molecular formula is C17H24N6O2. The lowest BCUT2D eigenvalue weighted by molar-refractivity contribution is 0.0541. The van der Waals surface area contributed by atoms with E-state index >= 15 is 0 Å². The number of aromatic nitrogens is 5. The van der Waals surface area contributed by atoms with Gasteiger partial charge in [0.25, 0.3) is 5.91 Å². The number of hydrogen-bond acceptors (Lipinski definition) is 5. The first-order valence-corrected chi connectivity index (χ1v) is 8.92. The summed E-state index contributed by atoms with van der Waals surface area (Å²) in [7, 11) is 3.70. The highest BCUT2D eigenvalue weighted by atomic mass is 16.5. The molecule has 0 spiro atoms. The molecule has 1 saturated heterocycles. The zero-order chi connectivity index (χ0) is 17.4. The first-order chi connectivity index (χ1) is 12.1. The lowest BCUT2D eigenvalue weighted by atomic mass is 9.95. The second-order valence-corrected chi connectivity index (χ2v) is 6.97. The van der Waals surface area contributed by atoms with Crippen LogP contribution in [0.3, 0.4) is 0 Å². The van der Waals surface area contributed by atoms with Crippen molar-refractivity contribution in [3.05, 3.63) is 29.1 Å². The summed E-state index contributed by atoms with van der Waals surface area (Å²) < 4.78 is 7.61. The number of aryl methyl sites for hydroxylation is 2. The van der Waals surface area contributed by atoms with Crippen LogP contribution in [-0.2, 0) is 24.6 Å². The number of carbonyl (C=O) groups is 1. The van der Waals surface area contributed by atoms with Crippen molar-refractivity contribution in [1.29, 1.82) is 0 Å². The Balaban J connectivity index is 1.50. The molecule has 8 nitrogen and oxygen atoms in total. The predicted molar refractivity (Wildman–Crippen MR) is 90.3 cm³/mol. The number of aromatic amines is 1. The summed E-state index contributed by atoms with van der Waals surface area (Å²) in [6.45, 7) is 1.21. The normalized spacial score (nSPS) is 22.8. The smallest absolute Gasteiger partial charge is 0.272 e. The fourth-order valence-corrected chi connectivity index (χ4v) is 4.02. The second-order valence-electron chi connectivity index (χ2n) is 6.97. The molecule has 2 aromatic heterocycles. The Morgan fingerprint density at radius 3 is 3.08 bits per heavy atom. The Morgan fingerprint density at radius 1 is 1.44 bits per heavy atom. The molecule has 2 aromatic rings. The quantitative estimate of drug-likeness (QED) is 0.896. The van der Waals surface area contributed by atoms with E-state index in [4.69, 9.17) is 4.74 Å². The molecule has 25 heavy (non-hydrogen) atoms. The number of H-pyrrole nitrogens is 1. The Kier molecular flexibility index (Phi) is 4.29. The van der Waals surface area contributed by atoms with Crippen LogP contribution in [0.2, 0.25) is 0 Å². The topological polar surface area (TPSA) is 88.9 Å². The summed E-state index contributed by atoms with van der Waals surface area (Å²) in [4.78, 5) is 19.1.